The Morgan fingerprint density at radius 1 is 1.50 bits per heavy atom. The molecule has 0 aliphatic heterocycles. The molecule has 0 N–H and O–H groups in total. The number of carbonyl (C=O) groups excluding carboxylic acids is 1. The number of nitrogens with zero attached hydrogens (tertiary/aromatic N) is 2. The van der Waals surface area contributed by atoms with E-state index in [-0.39, 0.29) is 16.6 Å². The van der Waals surface area contributed by atoms with Gasteiger partial charge in [0.2, 0.25) is 0 Å². The van der Waals surface area contributed by atoms with Crippen molar-refractivity contribution in [3.63, 3.8) is 0 Å². The number of hydrogen-bond donors (Lipinski definition) is 0. The Bertz CT molecular complexity index is 529. The topological polar surface area (TPSA) is 63.5 Å². The van der Waals surface area contributed by atoms with E-state index in [0.717, 1.165) is 13.0 Å². The van der Waals surface area contributed by atoms with Gasteiger partial charge in [-0.25, -0.2) is 0 Å². The summed E-state index contributed by atoms with van der Waals surface area (Å²) in [6.07, 6.45) is 3.24. The van der Waals surface area contributed by atoms with E-state index in [1.807, 2.05) is 11.8 Å². The number of rotatable bonds is 6. The second kappa shape index (κ2) is 6.22. The number of carbonyl (C=O) groups is 1. The van der Waals surface area contributed by atoms with Crippen molar-refractivity contribution in [1.29, 1.82) is 0 Å². The Hall–Kier alpha value is -1.62. The highest BCUT2D eigenvalue weighted by molar-refractivity contribution is 6.33. The number of nitro benzene ring substituents is 1. The molecule has 0 radical (unpaired) electrons. The highest BCUT2D eigenvalue weighted by Gasteiger charge is 2.27. The molecule has 1 fully saturated rings. The molecule has 2 rings (SSSR count). The van der Waals surface area contributed by atoms with Crippen molar-refractivity contribution in [1.82, 2.24) is 4.90 Å². The molecule has 0 bridgehead atoms. The van der Waals surface area contributed by atoms with Crippen molar-refractivity contribution in [3.05, 3.63) is 38.9 Å². The van der Waals surface area contributed by atoms with Gasteiger partial charge in [0, 0.05) is 24.7 Å². The van der Waals surface area contributed by atoms with Gasteiger partial charge in [0.1, 0.15) is 5.02 Å². The smallest absolute Gasteiger partial charge is 0.287 e. The Morgan fingerprint density at radius 2 is 2.20 bits per heavy atom. The average molecular weight is 297 g/mol. The van der Waals surface area contributed by atoms with Crippen LogP contribution in [0, 0.1) is 16.0 Å². The molecule has 5 nitrogen and oxygen atoms in total. The van der Waals surface area contributed by atoms with Gasteiger partial charge in [-0.2, -0.15) is 0 Å². The first-order valence-corrected chi connectivity index (χ1v) is 7.14. The van der Waals surface area contributed by atoms with Gasteiger partial charge in [-0.1, -0.05) is 18.5 Å². The fourth-order valence-corrected chi connectivity index (χ4v) is 2.38. The number of benzene rings is 1. The van der Waals surface area contributed by atoms with Crippen LogP contribution in [0.3, 0.4) is 0 Å². The molecule has 6 heteroatoms. The zero-order chi connectivity index (χ0) is 14.7. The third-order valence-electron chi connectivity index (χ3n) is 3.35. The maximum absolute atomic E-state index is 12.4. The molecule has 108 valence electrons. The van der Waals surface area contributed by atoms with Crippen LogP contribution in [0.4, 0.5) is 5.69 Å². The van der Waals surface area contributed by atoms with Crippen LogP contribution >= 0.6 is 11.6 Å². The second-order valence-corrected chi connectivity index (χ2v) is 5.53. The van der Waals surface area contributed by atoms with Gasteiger partial charge < -0.3 is 4.90 Å². The van der Waals surface area contributed by atoms with E-state index in [2.05, 4.69) is 0 Å². The zero-order valence-corrected chi connectivity index (χ0v) is 12.1. The molecule has 1 aliphatic rings. The van der Waals surface area contributed by atoms with Crippen molar-refractivity contribution in [2.24, 2.45) is 5.92 Å². The lowest BCUT2D eigenvalue weighted by molar-refractivity contribution is -0.384. The molecule has 1 saturated carbocycles. The van der Waals surface area contributed by atoms with Gasteiger partial charge in [0.05, 0.1) is 4.92 Å². The van der Waals surface area contributed by atoms with Gasteiger partial charge in [-0.15, -0.1) is 0 Å². The fraction of sp³-hybridized carbons (Fsp3) is 0.500. The van der Waals surface area contributed by atoms with E-state index in [9.17, 15) is 14.9 Å². The molecular weight excluding hydrogens is 280 g/mol. The van der Waals surface area contributed by atoms with E-state index in [0.29, 0.717) is 18.0 Å². The lowest BCUT2D eigenvalue weighted by Crippen LogP contribution is -2.33. The largest absolute Gasteiger partial charge is 0.338 e. The van der Waals surface area contributed by atoms with E-state index in [1.165, 1.54) is 31.0 Å². The maximum atomic E-state index is 12.4. The van der Waals surface area contributed by atoms with Crippen molar-refractivity contribution < 1.29 is 9.72 Å². The van der Waals surface area contributed by atoms with Crippen LogP contribution in [0.5, 0.6) is 0 Å². The number of hydrogen-bond acceptors (Lipinski definition) is 3. The van der Waals surface area contributed by atoms with Crippen molar-refractivity contribution in [2.75, 3.05) is 13.1 Å². The van der Waals surface area contributed by atoms with Gasteiger partial charge in [0.15, 0.2) is 0 Å². The number of halogens is 1. The lowest BCUT2D eigenvalue weighted by atomic mass is 10.1. The Morgan fingerprint density at radius 3 is 2.70 bits per heavy atom. The van der Waals surface area contributed by atoms with Crippen LogP contribution < -0.4 is 0 Å². The number of amides is 1. The molecule has 1 aliphatic carbocycles. The summed E-state index contributed by atoms with van der Waals surface area (Å²) in [4.78, 5) is 24.4. The lowest BCUT2D eigenvalue weighted by Gasteiger charge is -2.22. The van der Waals surface area contributed by atoms with E-state index in [4.69, 9.17) is 11.6 Å². The predicted molar refractivity (Wildman–Crippen MR) is 77.0 cm³/mol. The summed E-state index contributed by atoms with van der Waals surface area (Å²) < 4.78 is 0. The van der Waals surface area contributed by atoms with Gasteiger partial charge in [-0.3, -0.25) is 14.9 Å². The molecular formula is C14H17ClN2O3. The number of nitro groups is 1. The second-order valence-electron chi connectivity index (χ2n) is 5.12. The molecule has 1 aromatic rings. The molecule has 0 atom stereocenters. The Labute approximate surface area is 122 Å². The molecule has 0 spiro atoms. The standard InChI is InChI=1S/C14H17ClN2O3/c1-2-7-16(9-10-3-4-10)14(18)11-5-6-13(17(19)20)12(15)8-11/h5-6,8,10H,2-4,7,9H2,1H3. The van der Waals surface area contributed by atoms with Crippen molar-refractivity contribution in [3.8, 4) is 0 Å². The first-order valence-electron chi connectivity index (χ1n) is 6.76. The maximum Gasteiger partial charge on any atom is 0.287 e. The minimum atomic E-state index is -0.551. The molecule has 20 heavy (non-hydrogen) atoms. The van der Waals surface area contributed by atoms with E-state index >= 15 is 0 Å². The minimum Gasteiger partial charge on any atom is -0.338 e. The van der Waals surface area contributed by atoms with Crippen LogP contribution in [0.2, 0.25) is 5.02 Å². The monoisotopic (exact) mass is 296 g/mol. The third-order valence-corrected chi connectivity index (χ3v) is 3.65. The Balaban J connectivity index is 2.17. The molecule has 1 aromatic carbocycles. The summed E-state index contributed by atoms with van der Waals surface area (Å²) >= 11 is 5.86. The quantitative estimate of drug-likeness (QED) is 0.596. The first kappa shape index (κ1) is 14.8. The molecule has 0 heterocycles. The highest BCUT2D eigenvalue weighted by atomic mass is 35.5. The summed E-state index contributed by atoms with van der Waals surface area (Å²) in [6, 6.07) is 4.15. The fourth-order valence-electron chi connectivity index (χ4n) is 2.13. The molecule has 1 amide bonds. The molecule has 0 unspecified atom stereocenters. The summed E-state index contributed by atoms with van der Waals surface area (Å²) in [5.41, 5.74) is 0.238. The van der Waals surface area contributed by atoms with E-state index in [1.54, 1.807) is 0 Å². The highest BCUT2D eigenvalue weighted by Crippen LogP contribution is 2.31. The summed E-state index contributed by atoms with van der Waals surface area (Å²) in [7, 11) is 0. The van der Waals surface area contributed by atoms with E-state index < -0.39 is 4.92 Å². The molecule has 0 aromatic heterocycles. The van der Waals surface area contributed by atoms with Gasteiger partial charge >= 0.3 is 0 Å². The Kier molecular flexibility index (Phi) is 4.60. The normalized spacial score (nSPS) is 14.1. The molecule has 0 saturated heterocycles. The average Bonchev–Trinajstić information content (AvgIpc) is 3.21. The van der Waals surface area contributed by atoms with Crippen LogP contribution in [-0.4, -0.2) is 28.8 Å². The van der Waals surface area contributed by atoms with Crippen molar-refractivity contribution >= 4 is 23.2 Å². The first-order chi connectivity index (χ1) is 9.52. The SMILES string of the molecule is CCCN(CC1CC1)C(=O)c1ccc([N+](=O)[O-])c(Cl)c1. The third kappa shape index (κ3) is 3.48. The van der Waals surface area contributed by atoms with Crippen LogP contribution in [0.25, 0.3) is 0 Å². The zero-order valence-electron chi connectivity index (χ0n) is 11.3. The van der Waals surface area contributed by atoms with Crippen LogP contribution in [0.15, 0.2) is 18.2 Å². The summed E-state index contributed by atoms with van der Waals surface area (Å²) in [5.74, 6) is 0.509. The van der Waals surface area contributed by atoms with Crippen LogP contribution in [0.1, 0.15) is 36.5 Å². The summed E-state index contributed by atoms with van der Waals surface area (Å²) in [6.45, 7) is 3.49. The minimum absolute atomic E-state index is 0.00344. The van der Waals surface area contributed by atoms with Crippen LogP contribution in [-0.2, 0) is 0 Å². The van der Waals surface area contributed by atoms with Gasteiger partial charge in [0.25, 0.3) is 11.6 Å². The van der Waals surface area contributed by atoms with Crippen molar-refractivity contribution in [2.45, 2.75) is 26.2 Å². The predicted octanol–water partition coefficient (Wildman–Crippen LogP) is 3.51. The van der Waals surface area contributed by atoms with Gasteiger partial charge in [-0.05, 0) is 37.3 Å². The summed E-state index contributed by atoms with van der Waals surface area (Å²) in [5, 5.41) is 10.7.